The molecule has 2 amide bonds. The molecule has 1 saturated carbocycles. The molecule has 1 aromatic heterocycles. The number of fused-ring (bicyclic) bond motifs is 3. The Kier molecular flexibility index (Phi) is 6.57. The second kappa shape index (κ2) is 9.64. The number of carboxylic acid groups (broad SMARTS) is 1. The number of benzene rings is 2. The van der Waals surface area contributed by atoms with Gasteiger partial charge in [0.25, 0.3) is 0 Å². The van der Waals surface area contributed by atoms with Gasteiger partial charge in [0, 0.05) is 16.4 Å². The average molecular weight is 528 g/mol. The summed E-state index contributed by atoms with van der Waals surface area (Å²) in [6.07, 6.45) is 4.61. The van der Waals surface area contributed by atoms with Crippen LogP contribution in [-0.2, 0) is 14.4 Å². The number of carbonyl (C=O) groups is 3. The predicted octanol–water partition coefficient (Wildman–Crippen LogP) is 5.45. The smallest absolute Gasteiger partial charge is 0.307 e. The molecule has 2 aliphatic carbocycles. The van der Waals surface area contributed by atoms with Gasteiger partial charge in [-0.3, -0.25) is 14.4 Å². The number of amides is 2. The summed E-state index contributed by atoms with van der Waals surface area (Å²) in [6, 6.07) is 10.8. The number of aromatic nitrogens is 1. The first-order valence-electron chi connectivity index (χ1n) is 11.1. The first kappa shape index (κ1) is 23.8. The summed E-state index contributed by atoms with van der Waals surface area (Å²) in [6.45, 7) is 1.90. The third kappa shape index (κ3) is 4.94. The van der Waals surface area contributed by atoms with Crippen molar-refractivity contribution in [2.45, 2.75) is 17.7 Å². The van der Waals surface area contributed by atoms with Crippen molar-refractivity contribution in [2.75, 3.05) is 16.4 Å². The monoisotopic (exact) mass is 527 g/mol. The van der Waals surface area contributed by atoms with Crippen LogP contribution >= 0.6 is 34.7 Å². The molecule has 5 rings (SSSR count). The van der Waals surface area contributed by atoms with Gasteiger partial charge in [-0.2, -0.15) is 0 Å². The average Bonchev–Trinajstić information content (AvgIpc) is 3.54. The van der Waals surface area contributed by atoms with Gasteiger partial charge in [0.15, 0.2) is 4.34 Å². The number of hydrogen-bond acceptors (Lipinski definition) is 6. The van der Waals surface area contributed by atoms with E-state index in [1.54, 1.807) is 12.1 Å². The van der Waals surface area contributed by atoms with E-state index in [9.17, 15) is 19.5 Å². The van der Waals surface area contributed by atoms with Crippen LogP contribution in [0.1, 0.15) is 12.0 Å². The lowest BCUT2D eigenvalue weighted by atomic mass is 9.82. The van der Waals surface area contributed by atoms with Gasteiger partial charge in [0.05, 0.1) is 27.8 Å². The third-order valence-electron chi connectivity index (χ3n) is 6.47. The lowest BCUT2D eigenvalue weighted by Gasteiger charge is -2.23. The van der Waals surface area contributed by atoms with E-state index in [4.69, 9.17) is 11.6 Å². The Bertz CT molecular complexity index is 1370. The molecule has 7 nitrogen and oxygen atoms in total. The molecule has 10 heteroatoms. The van der Waals surface area contributed by atoms with Gasteiger partial charge in [-0.15, -0.1) is 11.3 Å². The van der Waals surface area contributed by atoms with Crippen LogP contribution < -0.4 is 10.6 Å². The number of allylic oxidation sites excluding steroid dienone is 2. The van der Waals surface area contributed by atoms with Gasteiger partial charge in [0.1, 0.15) is 0 Å². The number of rotatable bonds is 7. The molecule has 3 aromatic rings. The normalized spacial score (nSPS) is 22.5. The SMILES string of the molecule is Cc1ccc(NC(=O)CSc2nc3ccc(NC(=O)[C@@H]4[C@@H](C(=O)O)[C@H]5C=C[C@H]4C5)cc3s2)cc1Cl. The van der Waals surface area contributed by atoms with E-state index in [1.165, 1.54) is 23.1 Å². The minimum absolute atomic E-state index is 0.0293. The number of hydrogen-bond donors (Lipinski definition) is 3. The summed E-state index contributed by atoms with van der Waals surface area (Å²) in [5.41, 5.74) is 2.96. The molecule has 0 radical (unpaired) electrons. The lowest BCUT2D eigenvalue weighted by molar-refractivity contribution is -0.146. The fourth-order valence-corrected chi connectivity index (χ4v) is 6.87. The highest BCUT2D eigenvalue weighted by Crippen LogP contribution is 2.48. The summed E-state index contributed by atoms with van der Waals surface area (Å²) in [5.74, 6) is -2.49. The van der Waals surface area contributed by atoms with E-state index in [0.29, 0.717) is 22.8 Å². The Labute approximate surface area is 215 Å². The highest BCUT2D eigenvalue weighted by molar-refractivity contribution is 8.01. The summed E-state index contributed by atoms with van der Waals surface area (Å²) in [7, 11) is 0. The predicted molar refractivity (Wildman–Crippen MR) is 139 cm³/mol. The molecule has 2 aromatic carbocycles. The topological polar surface area (TPSA) is 108 Å². The van der Waals surface area contributed by atoms with Crippen LogP contribution in [0.25, 0.3) is 10.2 Å². The quantitative estimate of drug-likeness (QED) is 0.278. The number of carbonyl (C=O) groups excluding carboxylic acids is 2. The molecular weight excluding hydrogens is 506 g/mol. The Morgan fingerprint density at radius 3 is 2.54 bits per heavy atom. The lowest BCUT2D eigenvalue weighted by Crippen LogP contribution is -2.36. The minimum Gasteiger partial charge on any atom is -0.481 e. The first-order chi connectivity index (χ1) is 16.8. The summed E-state index contributed by atoms with van der Waals surface area (Å²) >= 11 is 8.88. The van der Waals surface area contributed by atoms with Crippen molar-refractivity contribution in [3.63, 3.8) is 0 Å². The van der Waals surface area contributed by atoms with Gasteiger partial charge in [-0.25, -0.2) is 4.98 Å². The molecule has 4 atom stereocenters. The van der Waals surface area contributed by atoms with Crippen molar-refractivity contribution in [3.8, 4) is 0 Å². The number of carboxylic acids is 1. The van der Waals surface area contributed by atoms with Crippen molar-refractivity contribution in [3.05, 3.63) is 59.1 Å². The molecular formula is C25H22ClN3O4S2. The molecule has 0 unspecified atom stereocenters. The Balaban J connectivity index is 1.22. The third-order valence-corrected chi connectivity index (χ3v) is 9.03. The zero-order chi connectivity index (χ0) is 24.7. The van der Waals surface area contributed by atoms with Crippen molar-refractivity contribution < 1.29 is 19.5 Å². The second-order valence-corrected chi connectivity index (χ2v) is 11.5. The van der Waals surface area contributed by atoms with Crippen LogP contribution in [0.3, 0.4) is 0 Å². The molecule has 1 fully saturated rings. The van der Waals surface area contributed by atoms with Crippen LogP contribution in [0.2, 0.25) is 5.02 Å². The Morgan fingerprint density at radius 2 is 1.80 bits per heavy atom. The molecule has 2 aliphatic rings. The maximum atomic E-state index is 13.0. The van der Waals surface area contributed by atoms with Crippen LogP contribution in [0, 0.1) is 30.6 Å². The zero-order valence-electron chi connectivity index (χ0n) is 18.7. The van der Waals surface area contributed by atoms with Crippen LogP contribution in [-0.4, -0.2) is 33.6 Å². The number of anilines is 2. The van der Waals surface area contributed by atoms with Crippen molar-refractivity contribution in [2.24, 2.45) is 23.7 Å². The molecule has 180 valence electrons. The summed E-state index contributed by atoms with van der Waals surface area (Å²) < 4.78 is 1.61. The maximum Gasteiger partial charge on any atom is 0.307 e. The van der Waals surface area contributed by atoms with Gasteiger partial charge in [0.2, 0.25) is 11.8 Å². The van der Waals surface area contributed by atoms with Gasteiger partial charge < -0.3 is 15.7 Å². The van der Waals surface area contributed by atoms with Gasteiger partial charge >= 0.3 is 5.97 Å². The fraction of sp³-hybridized carbons (Fsp3) is 0.280. The fourth-order valence-electron chi connectivity index (χ4n) is 4.78. The maximum absolute atomic E-state index is 13.0. The molecule has 1 heterocycles. The number of thiazole rings is 1. The number of thioether (sulfide) groups is 1. The van der Waals surface area contributed by atoms with Gasteiger partial charge in [-0.1, -0.05) is 41.6 Å². The van der Waals surface area contributed by atoms with Crippen molar-refractivity contribution in [1.82, 2.24) is 4.98 Å². The molecule has 0 saturated heterocycles. The number of halogens is 1. The van der Waals surface area contributed by atoms with E-state index >= 15 is 0 Å². The largest absolute Gasteiger partial charge is 0.481 e. The Morgan fingerprint density at radius 1 is 1.09 bits per heavy atom. The summed E-state index contributed by atoms with van der Waals surface area (Å²) in [4.78, 5) is 41.6. The molecule has 0 aliphatic heterocycles. The van der Waals surface area contributed by atoms with Crippen LogP contribution in [0.15, 0.2) is 52.9 Å². The molecule has 0 spiro atoms. The highest BCUT2D eigenvalue weighted by atomic mass is 35.5. The van der Waals surface area contributed by atoms with E-state index in [1.807, 2.05) is 43.3 Å². The van der Waals surface area contributed by atoms with E-state index in [2.05, 4.69) is 15.6 Å². The minimum atomic E-state index is -0.920. The number of aliphatic carboxylic acids is 1. The highest BCUT2D eigenvalue weighted by Gasteiger charge is 2.51. The molecule has 2 bridgehead atoms. The van der Waals surface area contributed by atoms with Gasteiger partial charge in [-0.05, 0) is 61.1 Å². The number of nitrogens with zero attached hydrogens (tertiary/aromatic N) is 1. The van der Waals surface area contributed by atoms with Crippen molar-refractivity contribution in [1.29, 1.82) is 0 Å². The number of aryl methyl sites for hydroxylation is 1. The van der Waals surface area contributed by atoms with E-state index < -0.39 is 17.8 Å². The Hall–Kier alpha value is -2.88. The number of nitrogens with one attached hydrogen (secondary N) is 2. The molecule has 35 heavy (non-hydrogen) atoms. The van der Waals surface area contributed by atoms with Crippen LogP contribution in [0.4, 0.5) is 11.4 Å². The standard InChI is InChI=1S/C25H22ClN3O4S2/c1-12-2-5-15(9-17(12)26)27-20(30)11-34-25-29-18-7-6-16(10-19(18)35-25)28-23(31)21-13-3-4-14(8-13)22(21)24(32)33/h2-7,9-10,13-14,21-22H,8,11H2,1H3,(H,27,30)(H,28,31)(H,32,33)/t13-,14-,21-,22-/m0/s1. The summed E-state index contributed by atoms with van der Waals surface area (Å²) in [5, 5.41) is 15.9. The second-order valence-electron chi connectivity index (χ2n) is 8.79. The molecule has 3 N–H and O–H groups in total. The van der Waals surface area contributed by atoms with Crippen LogP contribution in [0.5, 0.6) is 0 Å². The van der Waals surface area contributed by atoms with E-state index in [0.717, 1.165) is 20.1 Å². The van der Waals surface area contributed by atoms with Crippen molar-refractivity contribution >= 4 is 74.1 Å². The first-order valence-corrected chi connectivity index (χ1v) is 13.3. The van der Waals surface area contributed by atoms with E-state index in [-0.39, 0.29) is 29.4 Å². The zero-order valence-corrected chi connectivity index (χ0v) is 21.0.